The summed E-state index contributed by atoms with van der Waals surface area (Å²) in [6.45, 7) is 11.4. The molecule has 0 saturated heterocycles. The first-order valence-electron chi connectivity index (χ1n) is 8.04. The molecule has 2 aromatic rings. The smallest absolute Gasteiger partial charge is 0.191 e. The van der Waals surface area contributed by atoms with Gasteiger partial charge in [-0.3, -0.25) is 4.99 Å². The molecule has 0 radical (unpaired) electrons. The van der Waals surface area contributed by atoms with Crippen molar-refractivity contribution in [2.75, 3.05) is 13.1 Å². The molecule has 1 unspecified atom stereocenters. The molecule has 126 valence electrons. The highest BCUT2D eigenvalue weighted by molar-refractivity contribution is 5.80. The molecule has 0 bridgehead atoms. The number of hydrogen-bond acceptors (Lipinski definition) is 4. The Morgan fingerprint density at radius 2 is 2.09 bits per heavy atom. The standard InChI is InChI=1S/C17H26N4O2/c1-6-18-17(20-13(4)16-8-7-11(2)22-16)19-10-9-15-12(3)21-23-14(15)5/h7-8,13H,6,9-10H2,1-5H3,(H2,18,19,20). The van der Waals surface area contributed by atoms with E-state index in [2.05, 4.69) is 27.7 Å². The normalized spacial score (nSPS) is 13.2. The summed E-state index contributed by atoms with van der Waals surface area (Å²) in [5.74, 6) is 3.46. The van der Waals surface area contributed by atoms with Gasteiger partial charge in [-0.1, -0.05) is 5.16 Å². The van der Waals surface area contributed by atoms with Gasteiger partial charge in [-0.05, 0) is 53.2 Å². The molecule has 0 fully saturated rings. The quantitative estimate of drug-likeness (QED) is 0.632. The van der Waals surface area contributed by atoms with Crippen molar-refractivity contribution < 1.29 is 8.94 Å². The minimum absolute atomic E-state index is 0.0561. The summed E-state index contributed by atoms with van der Waals surface area (Å²) in [5.41, 5.74) is 2.08. The molecule has 0 amide bonds. The monoisotopic (exact) mass is 318 g/mol. The van der Waals surface area contributed by atoms with Crippen LogP contribution < -0.4 is 10.6 Å². The maximum Gasteiger partial charge on any atom is 0.191 e. The number of aryl methyl sites for hydroxylation is 3. The molecule has 6 nitrogen and oxygen atoms in total. The van der Waals surface area contributed by atoms with Gasteiger partial charge in [0.25, 0.3) is 0 Å². The van der Waals surface area contributed by atoms with Crippen molar-refractivity contribution in [1.29, 1.82) is 0 Å². The summed E-state index contributed by atoms with van der Waals surface area (Å²) in [6, 6.07) is 4.01. The van der Waals surface area contributed by atoms with Gasteiger partial charge in [0, 0.05) is 18.7 Å². The molecule has 0 spiro atoms. The van der Waals surface area contributed by atoms with E-state index in [4.69, 9.17) is 8.94 Å². The van der Waals surface area contributed by atoms with E-state index in [1.54, 1.807) is 0 Å². The van der Waals surface area contributed by atoms with Crippen molar-refractivity contribution in [2.24, 2.45) is 4.99 Å². The second kappa shape index (κ2) is 7.85. The van der Waals surface area contributed by atoms with E-state index in [9.17, 15) is 0 Å². The van der Waals surface area contributed by atoms with Gasteiger partial charge in [0.1, 0.15) is 17.3 Å². The molecule has 0 aliphatic heterocycles. The van der Waals surface area contributed by atoms with Crippen LogP contribution in [0.4, 0.5) is 0 Å². The number of hydrogen-bond donors (Lipinski definition) is 2. The molecule has 0 aliphatic carbocycles. The van der Waals surface area contributed by atoms with Crippen LogP contribution in [0.5, 0.6) is 0 Å². The number of rotatable bonds is 6. The van der Waals surface area contributed by atoms with Crippen molar-refractivity contribution in [3.05, 3.63) is 40.7 Å². The van der Waals surface area contributed by atoms with E-state index in [1.165, 1.54) is 0 Å². The predicted molar refractivity (Wildman–Crippen MR) is 90.7 cm³/mol. The summed E-state index contributed by atoms with van der Waals surface area (Å²) in [7, 11) is 0. The van der Waals surface area contributed by atoms with Gasteiger partial charge in [0.05, 0.1) is 11.7 Å². The Balaban J connectivity index is 1.97. The first-order chi connectivity index (χ1) is 11.0. The van der Waals surface area contributed by atoms with Crippen molar-refractivity contribution in [3.63, 3.8) is 0 Å². The van der Waals surface area contributed by atoms with Gasteiger partial charge < -0.3 is 19.6 Å². The Bertz CT molecular complexity index is 638. The number of furan rings is 1. The van der Waals surface area contributed by atoms with E-state index in [1.807, 2.05) is 39.8 Å². The van der Waals surface area contributed by atoms with E-state index in [-0.39, 0.29) is 6.04 Å². The third-order valence-electron chi connectivity index (χ3n) is 3.70. The molecular weight excluding hydrogens is 292 g/mol. The lowest BCUT2D eigenvalue weighted by atomic mass is 10.1. The number of nitrogens with one attached hydrogen (secondary N) is 2. The SMILES string of the molecule is CCNC(=NCCc1c(C)noc1C)NC(C)c1ccc(C)o1. The largest absolute Gasteiger partial charge is 0.464 e. The van der Waals surface area contributed by atoms with Gasteiger partial charge >= 0.3 is 0 Å². The molecule has 0 aliphatic rings. The molecule has 6 heteroatoms. The van der Waals surface area contributed by atoms with Gasteiger partial charge in [-0.2, -0.15) is 0 Å². The van der Waals surface area contributed by atoms with Crippen LogP contribution in [0.25, 0.3) is 0 Å². The van der Waals surface area contributed by atoms with Gasteiger partial charge in [-0.15, -0.1) is 0 Å². The Kier molecular flexibility index (Phi) is 5.84. The van der Waals surface area contributed by atoms with Crippen molar-refractivity contribution >= 4 is 5.96 Å². The summed E-state index contributed by atoms with van der Waals surface area (Å²) >= 11 is 0. The van der Waals surface area contributed by atoms with Gasteiger partial charge in [-0.25, -0.2) is 0 Å². The third-order valence-corrected chi connectivity index (χ3v) is 3.70. The zero-order chi connectivity index (χ0) is 16.8. The van der Waals surface area contributed by atoms with Crippen LogP contribution in [0.2, 0.25) is 0 Å². The first kappa shape index (κ1) is 17.1. The molecule has 0 saturated carbocycles. The second-order valence-electron chi connectivity index (χ2n) is 5.63. The maximum atomic E-state index is 5.65. The predicted octanol–water partition coefficient (Wildman–Crippen LogP) is 3.05. The highest BCUT2D eigenvalue weighted by Gasteiger charge is 2.12. The van der Waals surface area contributed by atoms with Crippen molar-refractivity contribution in [1.82, 2.24) is 15.8 Å². The molecule has 2 heterocycles. The number of aliphatic imine (C=N–C) groups is 1. The van der Waals surface area contributed by atoms with Crippen LogP contribution in [-0.4, -0.2) is 24.2 Å². The van der Waals surface area contributed by atoms with Gasteiger partial charge in [0.15, 0.2) is 5.96 Å². The molecular formula is C17H26N4O2. The Morgan fingerprint density at radius 1 is 1.30 bits per heavy atom. The lowest BCUT2D eigenvalue weighted by molar-refractivity contribution is 0.392. The van der Waals surface area contributed by atoms with Crippen LogP contribution in [-0.2, 0) is 6.42 Å². The summed E-state index contributed by atoms with van der Waals surface area (Å²) < 4.78 is 10.8. The fraction of sp³-hybridized carbons (Fsp3) is 0.529. The Hall–Kier alpha value is -2.24. The molecule has 2 aromatic heterocycles. The lowest BCUT2D eigenvalue weighted by Crippen LogP contribution is -2.38. The average molecular weight is 318 g/mol. The van der Waals surface area contributed by atoms with Crippen molar-refractivity contribution in [3.8, 4) is 0 Å². The molecule has 0 aromatic carbocycles. The fourth-order valence-electron chi connectivity index (χ4n) is 2.42. The summed E-state index contributed by atoms with van der Waals surface area (Å²) in [6.07, 6.45) is 0.811. The number of nitrogens with zero attached hydrogens (tertiary/aromatic N) is 2. The summed E-state index contributed by atoms with van der Waals surface area (Å²) in [4.78, 5) is 4.63. The van der Waals surface area contributed by atoms with Crippen LogP contribution in [0.3, 0.4) is 0 Å². The van der Waals surface area contributed by atoms with E-state index in [0.717, 1.165) is 47.5 Å². The van der Waals surface area contributed by atoms with Crippen LogP contribution in [0.1, 0.15) is 48.4 Å². The molecule has 23 heavy (non-hydrogen) atoms. The second-order valence-corrected chi connectivity index (χ2v) is 5.63. The third kappa shape index (κ3) is 4.61. The summed E-state index contributed by atoms with van der Waals surface area (Å²) in [5, 5.41) is 10.6. The van der Waals surface area contributed by atoms with Crippen LogP contribution in [0, 0.1) is 20.8 Å². The molecule has 2 N–H and O–H groups in total. The van der Waals surface area contributed by atoms with Crippen LogP contribution >= 0.6 is 0 Å². The fourth-order valence-corrected chi connectivity index (χ4v) is 2.42. The zero-order valence-corrected chi connectivity index (χ0v) is 14.6. The van der Waals surface area contributed by atoms with E-state index >= 15 is 0 Å². The highest BCUT2D eigenvalue weighted by atomic mass is 16.5. The maximum absolute atomic E-state index is 5.65. The minimum atomic E-state index is 0.0561. The molecule has 2 rings (SSSR count). The number of aromatic nitrogens is 1. The topological polar surface area (TPSA) is 75.6 Å². The van der Waals surface area contributed by atoms with Crippen LogP contribution in [0.15, 0.2) is 26.1 Å². The van der Waals surface area contributed by atoms with Crippen molar-refractivity contribution in [2.45, 2.75) is 47.1 Å². The first-order valence-corrected chi connectivity index (χ1v) is 8.04. The van der Waals surface area contributed by atoms with Gasteiger partial charge in [0.2, 0.25) is 0 Å². The minimum Gasteiger partial charge on any atom is -0.464 e. The average Bonchev–Trinajstić information content (AvgIpc) is 3.07. The lowest BCUT2D eigenvalue weighted by Gasteiger charge is -2.16. The Labute approximate surface area is 137 Å². The highest BCUT2D eigenvalue weighted by Crippen LogP contribution is 2.15. The Morgan fingerprint density at radius 3 is 2.65 bits per heavy atom. The molecule has 1 atom stereocenters. The van der Waals surface area contributed by atoms with E-state index in [0.29, 0.717) is 6.54 Å². The number of guanidine groups is 1. The zero-order valence-electron chi connectivity index (χ0n) is 14.6. The van der Waals surface area contributed by atoms with E-state index < -0.39 is 0 Å².